The zero-order chi connectivity index (χ0) is 27.9. The van der Waals surface area contributed by atoms with E-state index >= 15 is 0 Å². The first-order chi connectivity index (χ1) is 18.4. The Morgan fingerprint density at radius 3 is 2.54 bits per heavy atom. The molecule has 2 aromatic heterocycles. The molecule has 1 unspecified atom stereocenters. The summed E-state index contributed by atoms with van der Waals surface area (Å²) in [5, 5.41) is 26.6. The highest BCUT2D eigenvalue weighted by molar-refractivity contribution is 5.60. The first kappa shape index (κ1) is 27.2. The van der Waals surface area contributed by atoms with Gasteiger partial charge in [-0.15, -0.1) is 5.10 Å². The number of halogens is 2. The van der Waals surface area contributed by atoms with Gasteiger partial charge in [-0.25, -0.2) is 13.8 Å². The highest BCUT2D eigenvalue weighted by Gasteiger charge is 2.50. The quantitative estimate of drug-likeness (QED) is 0.399. The lowest BCUT2D eigenvalue weighted by molar-refractivity contribution is -0.148. The number of methoxy groups -OCH3 is 1. The van der Waals surface area contributed by atoms with Crippen molar-refractivity contribution in [2.75, 3.05) is 12.4 Å². The number of pyridine rings is 1. The average Bonchev–Trinajstić information content (AvgIpc) is 3.34. The Morgan fingerprint density at radius 1 is 1.18 bits per heavy atom. The number of nitrogens with one attached hydrogen (secondary N) is 2. The third-order valence-electron chi connectivity index (χ3n) is 7.55. The Hall–Kier alpha value is -3.37. The second-order valence-electron chi connectivity index (χ2n) is 11.6. The van der Waals surface area contributed by atoms with Gasteiger partial charge in [-0.1, -0.05) is 44.1 Å². The van der Waals surface area contributed by atoms with Gasteiger partial charge in [-0.3, -0.25) is 0 Å². The molecule has 1 fully saturated rings. The van der Waals surface area contributed by atoms with Crippen LogP contribution in [0.4, 0.5) is 14.8 Å². The fourth-order valence-corrected chi connectivity index (χ4v) is 5.23. The van der Waals surface area contributed by atoms with Crippen molar-refractivity contribution < 1.29 is 23.0 Å². The van der Waals surface area contributed by atoms with Crippen molar-refractivity contribution in [3.63, 3.8) is 0 Å². The Kier molecular flexibility index (Phi) is 7.19. The van der Waals surface area contributed by atoms with Crippen LogP contribution < -0.4 is 25.9 Å². The minimum atomic E-state index is -2.78. The van der Waals surface area contributed by atoms with Crippen LogP contribution in [-0.2, 0) is 6.54 Å². The number of nitrogens with zero attached hydrogens (tertiary/aromatic N) is 3. The van der Waals surface area contributed by atoms with Gasteiger partial charge in [0, 0.05) is 36.7 Å². The van der Waals surface area contributed by atoms with Crippen LogP contribution in [-0.4, -0.2) is 51.5 Å². The molecule has 2 aliphatic rings. The lowest BCUT2D eigenvalue weighted by Crippen LogP contribution is -2.55. The number of fused-ring (bicyclic) bond motifs is 1. The third kappa shape index (κ3) is 5.67. The van der Waals surface area contributed by atoms with Gasteiger partial charge in [0.15, 0.2) is 0 Å². The lowest BCUT2D eigenvalue weighted by atomic mass is 9.76. The Labute approximate surface area is 226 Å². The van der Waals surface area contributed by atoms with Crippen molar-refractivity contribution in [2.45, 2.75) is 77.6 Å². The molecule has 10 heteroatoms. The number of aryl methyl sites for hydroxylation is 1. The number of alkyl halides is 2. The maximum atomic E-state index is 12.9. The number of anilines is 1. The number of rotatable bonds is 8. The minimum Gasteiger partial charge on any atom is -0.497 e. The van der Waals surface area contributed by atoms with Crippen molar-refractivity contribution in [1.29, 1.82) is 0 Å². The summed E-state index contributed by atoms with van der Waals surface area (Å²) >= 11 is 0. The van der Waals surface area contributed by atoms with Crippen molar-refractivity contribution in [3.05, 3.63) is 52.0 Å². The predicted molar refractivity (Wildman–Crippen MR) is 145 cm³/mol. The Bertz CT molecular complexity index is 1460. The molecule has 39 heavy (non-hydrogen) atoms. The van der Waals surface area contributed by atoms with E-state index in [1.807, 2.05) is 25.1 Å². The van der Waals surface area contributed by atoms with Gasteiger partial charge >= 0.3 is 6.01 Å². The van der Waals surface area contributed by atoms with Crippen LogP contribution in [0.5, 0.6) is 5.75 Å². The van der Waals surface area contributed by atoms with E-state index in [1.165, 1.54) is 11.1 Å². The predicted octanol–water partition coefficient (Wildman–Crippen LogP) is 3.56. The van der Waals surface area contributed by atoms with Gasteiger partial charge in [0.25, 0.3) is 12.3 Å². The van der Waals surface area contributed by atoms with Crippen molar-refractivity contribution >= 4 is 17.7 Å². The van der Waals surface area contributed by atoms with Crippen LogP contribution in [0.15, 0.2) is 34.7 Å². The average molecular weight is 540 g/mol. The van der Waals surface area contributed by atoms with E-state index in [0.29, 0.717) is 5.69 Å². The monoisotopic (exact) mass is 539 g/mol. The second kappa shape index (κ2) is 10.3. The molecule has 0 spiro atoms. The van der Waals surface area contributed by atoms with E-state index < -0.39 is 12.0 Å². The van der Waals surface area contributed by atoms with E-state index in [-0.39, 0.29) is 42.2 Å². The number of hydrogen-bond acceptors (Lipinski definition) is 8. The molecule has 1 aromatic carbocycles. The maximum absolute atomic E-state index is 12.9. The molecule has 2 aliphatic carbocycles. The summed E-state index contributed by atoms with van der Waals surface area (Å²) in [6, 6.07) is 9.90. The molecule has 1 saturated carbocycles. The van der Waals surface area contributed by atoms with Crippen LogP contribution in [0.1, 0.15) is 51.2 Å². The summed E-state index contributed by atoms with van der Waals surface area (Å²) in [5.41, 5.74) is 1.95. The number of aliphatic hydroxyl groups is 1. The number of hydrogen-bond donors (Lipinski definition) is 3. The minimum absolute atomic E-state index is 0.0774. The smallest absolute Gasteiger partial charge is 0.316 e. The molecular weight excluding hydrogens is 504 g/mol. The van der Waals surface area contributed by atoms with Crippen molar-refractivity contribution in [3.8, 4) is 17.3 Å². The van der Waals surface area contributed by atoms with E-state index in [0.717, 1.165) is 34.8 Å². The zero-order valence-electron chi connectivity index (χ0n) is 22.9. The van der Waals surface area contributed by atoms with Gasteiger partial charge < -0.3 is 24.9 Å². The first-order valence-electron chi connectivity index (χ1n) is 13.2. The fraction of sp³-hybridized carbons (Fsp3) is 0.483. The molecule has 0 saturated heterocycles. The summed E-state index contributed by atoms with van der Waals surface area (Å²) in [7, 11) is 1.66. The molecule has 3 aromatic rings. The SMILES string of the molecule is COc1ccc(CNC2C=c3c(C)cc(-c4nnc(N[C@H]5C[C@](O)(C(F)F)C5)o4)nc3=C(C(C)(C)C)C2)cc1. The van der Waals surface area contributed by atoms with Gasteiger partial charge in [0.05, 0.1) is 12.5 Å². The summed E-state index contributed by atoms with van der Waals surface area (Å²) in [6.07, 6.45) is 0.118. The number of aromatic nitrogens is 3. The van der Waals surface area contributed by atoms with Crippen LogP contribution in [0.3, 0.4) is 0 Å². The van der Waals surface area contributed by atoms with Crippen LogP contribution in [0.25, 0.3) is 23.2 Å². The second-order valence-corrected chi connectivity index (χ2v) is 11.6. The molecule has 0 bridgehead atoms. The first-order valence-corrected chi connectivity index (χ1v) is 13.2. The largest absolute Gasteiger partial charge is 0.497 e. The molecule has 3 N–H and O–H groups in total. The fourth-order valence-electron chi connectivity index (χ4n) is 5.23. The molecule has 208 valence electrons. The summed E-state index contributed by atoms with van der Waals surface area (Å²) in [6.45, 7) is 9.35. The van der Waals surface area contributed by atoms with Crippen LogP contribution in [0.2, 0.25) is 0 Å². The Morgan fingerprint density at radius 2 is 1.90 bits per heavy atom. The van der Waals surface area contributed by atoms with Gasteiger partial charge in [-0.2, -0.15) is 0 Å². The van der Waals surface area contributed by atoms with Gasteiger partial charge in [0.2, 0.25) is 0 Å². The Balaban J connectivity index is 1.38. The summed E-state index contributed by atoms with van der Waals surface area (Å²) in [4.78, 5) is 4.96. The zero-order valence-corrected chi connectivity index (χ0v) is 22.9. The van der Waals surface area contributed by atoms with E-state index in [9.17, 15) is 13.9 Å². The third-order valence-corrected chi connectivity index (χ3v) is 7.55. The van der Waals surface area contributed by atoms with Crippen LogP contribution in [0, 0.1) is 12.3 Å². The van der Waals surface area contributed by atoms with Crippen LogP contribution >= 0.6 is 0 Å². The van der Waals surface area contributed by atoms with E-state index in [2.05, 4.69) is 59.8 Å². The molecule has 1 atom stereocenters. The van der Waals surface area contributed by atoms with Crippen molar-refractivity contribution in [2.24, 2.45) is 5.41 Å². The molecule has 5 rings (SSSR count). The van der Waals surface area contributed by atoms with E-state index in [4.69, 9.17) is 14.1 Å². The molecule has 2 heterocycles. The van der Waals surface area contributed by atoms with Gasteiger partial charge in [-0.05, 0) is 53.7 Å². The standard InChI is InChI=1S/C29H35F2N5O3/c1-16-10-23(25-35-36-27(39-25)33-19-13-29(37,14-19)26(30)31)34-24-21(16)11-18(12-22(24)28(2,3)4)32-15-17-6-8-20(38-5)9-7-17/h6-11,18-19,26,32,37H,12-15H2,1-5H3,(H,33,36)/t18?,19-,29+. The van der Waals surface area contributed by atoms with E-state index in [1.54, 1.807) is 7.11 Å². The topological polar surface area (TPSA) is 105 Å². The number of ether oxygens (including phenoxy) is 1. The molecule has 0 radical (unpaired) electrons. The molecule has 0 aliphatic heterocycles. The number of benzene rings is 1. The molecular formula is C29H35F2N5O3. The maximum Gasteiger partial charge on any atom is 0.316 e. The lowest BCUT2D eigenvalue weighted by Gasteiger charge is -2.42. The highest BCUT2D eigenvalue weighted by atomic mass is 19.3. The molecule has 0 amide bonds. The highest BCUT2D eigenvalue weighted by Crippen LogP contribution is 2.39. The normalized spacial score (nSPS) is 22.7. The van der Waals surface area contributed by atoms with Crippen molar-refractivity contribution in [1.82, 2.24) is 20.5 Å². The summed E-state index contributed by atoms with van der Waals surface area (Å²) < 4.78 is 36.9. The molecule has 8 nitrogen and oxygen atoms in total. The van der Waals surface area contributed by atoms with Gasteiger partial charge in [0.1, 0.15) is 17.0 Å². The summed E-state index contributed by atoms with van der Waals surface area (Å²) in [5.74, 6) is 1.09.